The van der Waals surface area contributed by atoms with E-state index >= 15 is 0 Å². The molecular formula is C18H17F2NO5. The molecule has 138 valence electrons. The molecule has 0 atom stereocenters. The van der Waals surface area contributed by atoms with Crippen molar-refractivity contribution in [3.8, 4) is 11.5 Å². The van der Waals surface area contributed by atoms with E-state index in [0.717, 1.165) is 5.56 Å². The van der Waals surface area contributed by atoms with E-state index in [-0.39, 0.29) is 30.2 Å². The number of nitrogens with one attached hydrogen (secondary N) is 1. The Morgan fingerprint density at radius 2 is 1.81 bits per heavy atom. The van der Waals surface area contributed by atoms with Crippen molar-refractivity contribution in [1.29, 1.82) is 0 Å². The van der Waals surface area contributed by atoms with E-state index in [4.69, 9.17) is 4.74 Å². The van der Waals surface area contributed by atoms with Crippen molar-refractivity contribution >= 4 is 11.9 Å². The maximum atomic E-state index is 12.6. The average Bonchev–Trinajstić information content (AvgIpc) is 2.65. The molecule has 2 aromatic rings. The molecule has 0 heterocycles. The first-order valence-electron chi connectivity index (χ1n) is 7.60. The minimum atomic E-state index is -3.03. The number of methoxy groups -OCH3 is 1. The van der Waals surface area contributed by atoms with Gasteiger partial charge < -0.3 is 19.5 Å². The minimum Gasteiger partial charge on any atom is -0.485 e. The first kappa shape index (κ1) is 19.2. The second-order valence-corrected chi connectivity index (χ2v) is 5.07. The molecule has 0 aliphatic heterocycles. The lowest BCUT2D eigenvalue weighted by Crippen LogP contribution is -2.30. The SMILES string of the molecule is COC(=O)CNC(=O)c1ccc(OC(F)F)c(OCc2ccccc2)c1. The van der Waals surface area contributed by atoms with Gasteiger partial charge in [-0.25, -0.2) is 0 Å². The van der Waals surface area contributed by atoms with Crippen LogP contribution in [0.1, 0.15) is 15.9 Å². The summed E-state index contributed by atoms with van der Waals surface area (Å²) < 4.78 is 39.5. The van der Waals surface area contributed by atoms with Gasteiger partial charge in [0, 0.05) is 5.56 Å². The second-order valence-electron chi connectivity index (χ2n) is 5.07. The Hall–Kier alpha value is -3.16. The summed E-state index contributed by atoms with van der Waals surface area (Å²) in [5.74, 6) is -1.40. The van der Waals surface area contributed by atoms with E-state index in [1.807, 2.05) is 18.2 Å². The van der Waals surface area contributed by atoms with Crippen LogP contribution < -0.4 is 14.8 Å². The fraction of sp³-hybridized carbons (Fsp3) is 0.222. The highest BCUT2D eigenvalue weighted by molar-refractivity contribution is 5.96. The maximum absolute atomic E-state index is 12.6. The van der Waals surface area contributed by atoms with Gasteiger partial charge in [-0.15, -0.1) is 0 Å². The summed E-state index contributed by atoms with van der Waals surface area (Å²) in [5.41, 5.74) is 0.939. The molecule has 0 saturated carbocycles. The molecule has 0 bridgehead atoms. The Balaban J connectivity index is 2.15. The van der Waals surface area contributed by atoms with Gasteiger partial charge >= 0.3 is 12.6 Å². The van der Waals surface area contributed by atoms with Crippen molar-refractivity contribution in [2.24, 2.45) is 0 Å². The van der Waals surface area contributed by atoms with E-state index in [0.29, 0.717) is 0 Å². The standard InChI is InChI=1S/C18H17F2NO5/c1-24-16(22)10-21-17(23)13-7-8-14(26-18(19)20)15(9-13)25-11-12-5-3-2-4-6-12/h2-9,18H,10-11H2,1H3,(H,21,23). The number of amides is 1. The number of hydrogen-bond donors (Lipinski definition) is 1. The number of esters is 1. The molecule has 2 rings (SSSR count). The van der Waals surface area contributed by atoms with Crippen LogP contribution in [0.25, 0.3) is 0 Å². The zero-order valence-corrected chi connectivity index (χ0v) is 13.9. The Bertz CT molecular complexity index is 753. The maximum Gasteiger partial charge on any atom is 0.387 e. The van der Waals surface area contributed by atoms with Crippen molar-refractivity contribution in [2.45, 2.75) is 13.2 Å². The Labute approximate surface area is 148 Å². The molecule has 0 radical (unpaired) electrons. The van der Waals surface area contributed by atoms with Gasteiger partial charge in [-0.2, -0.15) is 8.78 Å². The molecule has 0 aliphatic carbocycles. The van der Waals surface area contributed by atoms with Crippen LogP contribution in [-0.4, -0.2) is 32.1 Å². The highest BCUT2D eigenvalue weighted by atomic mass is 19.3. The number of hydrogen-bond acceptors (Lipinski definition) is 5. The summed E-state index contributed by atoms with van der Waals surface area (Å²) in [7, 11) is 1.19. The van der Waals surface area contributed by atoms with Crippen molar-refractivity contribution < 1.29 is 32.6 Å². The number of carbonyl (C=O) groups excluding carboxylic acids is 2. The summed E-state index contributed by atoms with van der Waals surface area (Å²) in [6.45, 7) is -3.24. The summed E-state index contributed by atoms with van der Waals surface area (Å²) in [6.07, 6.45) is 0. The second kappa shape index (κ2) is 9.36. The molecule has 26 heavy (non-hydrogen) atoms. The molecule has 6 nitrogen and oxygen atoms in total. The van der Waals surface area contributed by atoms with E-state index in [2.05, 4.69) is 14.8 Å². The van der Waals surface area contributed by atoms with Crippen molar-refractivity contribution in [2.75, 3.05) is 13.7 Å². The van der Waals surface area contributed by atoms with Crippen LogP contribution >= 0.6 is 0 Å². The van der Waals surface area contributed by atoms with E-state index in [1.54, 1.807) is 12.1 Å². The third kappa shape index (κ3) is 5.73. The molecule has 2 aromatic carbocycles. The minimum absolute atomic E-state index is 0.0140. The third-order valence-electron chi connectivity index (χ3n) is 3.28. The van der Waals surface area contributed by atoms with Crippen molar-refractivity contribution in [1.82, 2.24) is 5.32 Å². The number of halogens is 2. The van der Waals surface area contributed by atoms with Crippen LogP contribution in [0.2, 0.25) is 0 Å². The highest BCUT2D eigenvalue weighted by Gasteiger charge is 2.15. The van der Waals surface area contributed by atoms with Crippen LogP contribution in [-0.2, 0) is 16.1 Å². The molecule has 0 aliphatic rings. The molecule has 0 fully saturated rings. The molecule has 1 amide bonds. The van der Waals surface area contributed by atoms with Crippen LogP contribution in [0.15, 0.2) is 48.5 Å². The number of ether oxygens (including phenoxy) is 3. The van der Waals surface area contributed by atoms with Gasteiger partial charge in [0.1, 0.15) is 13.2 Å². The normalized spacial score (nSPS) is 10.3. The van der Waals surface area contributed by atoms with Gasteiger partial charge in [-0.05, 0) is 23.8 Å². The van der Waals surface area contributed by atoms with E-state index in [9.17, 15) is 18.4 Å². The number of benzene rings is 2. The lowest BCUT2D eigenvalue weighted by molar-refractivity contribution is -0.139. The Morgan fingerprint density at radius 1 is 1.08 bits per heavy atom. The molecule has 1 N–H and O–H groups in total. The zero-order valence-electron chi connectivity index (χ0n) is 13.9. The van der Waals surface area contributed by atoms with Crippen molar-refractivity contribution in [3.63, 3.8) is 0 Å². The number of rotatable bonds is 8. The summed E-state index contributed by atoms with van der Waals surface area (Å²) in [5, 5.41) is 2.35. The molecule has 0 saturated heterocycles. The first-order valence-corrected chi connectivity index (χ1v) is 7.60. The fourth-order valence-corrected chi connectivity index (χ4v) is 2.02. The highest BCUT2D eigenvalue weighted by Crippen LogP contribution is 2.30. The number of alkyl halides is 2. The molecule has 8 heteroatoms. The van der Waals surface area contributed by atoms with E-state index < -0.39 is 18.5 Å². The predicted octanol–water partition coefficient (Wildman–Crippen LogP) is 2.77. The smallest absolute Gasteiger partial charge is 0.387 e. The summed E-state index contributed by atoms with van der Waals surface area (Å²) >= 11 is 0. The molecule has 0 unspecified atom stereocenters. The lowest BCUT2D eigenvalue weighted by atomic mass is 10.2. The van der Waals surface area contributed by atoms with Crippen LogP contribution in [0.4, 0.5) is 8.78 Å². The monoisotopic (exact) mass is 365 g/mol. The summed E-state index contributed by atoms with van der Waals surface area (Å²) in [4.78, 5) is 23.1. The van der Waals surface area contributed by atoms with Crippen LogP contribution in [0.3, 0.4) is 0 Å². The Morgan fingerprint density at radius 3 is 2.46 bits per heavy atom. The van der Waals surface area contributed by atoms with Gasteiger partial charge in [0.15, 0.2) is 11.5 Å². The molecule has 0 aromatic heterocycles. The van der Waals surface area contributed by atoms with Crippen molar-refractivity contribution in [3.05, 3.63) is 59.7 Å². The predicted molar refractivity (Wildman–Crippen MR) is 88.2 cm³/mol. The average molecular weight is 365 g/mol. The van der Waals surface area contributed by atoms with Gasteiger partial charge in [0.25, 0.3) is 5.91 Å². The molecular weight excluding hydrogens is 348 g/mol. The number of carbonyl (C=O) groups is 2. The first-order chi connectivity index (χ1) is 12.5. The Kier molecular flexibility index (Phi) is 6.90. The van der Waals surface area contributed by atoms with Gasteiger partial charge in [0.05, 0.1) is 7.11 Å². The fourth-order valence-electron chi connectivity index (χ4n) is 2.02. The van der Waals surface area contributed by atoms with E-state index in [1.165, 1.54) is 25.3 Å². The van der Waals surface area contributed by atoms with Gasteiger partial charge in [-0.1, -0.05) is 30.3 Å². The third-order valence-corrected chi connectivity index (χ3v) is 3.28. The van der Waals surface area contributed by atoms with Gasteiger partial charge in [0.2, 0.25) is 0 Å². The lowest BCUT2D eigenvalue weighted by Gasteiger charge is -2.14. The quantitative estimate of drug-likeness (QED) is 0.728. The van der Waals surface area contributed by atoms with Gasteiger partial charge in [-0.3, -0.25) is 9.59 Å². The van der Waals surface area contributed by atoms with Crippen LogP contribution in [0.5, 0.6) is 11.5 Å². The largest absolute Gasteiger partial charge is 0.485 e. The molecule has 0 spiro atoms. The summed E-state index contributed by atoms with van der Waals surface area (Å²) in [6, 6.07) is 12.8. The zero-order chi connectivity index (χ0) is 18.9. The van der Waals surface area contributed by atoms with Crippen LogP contribution in [0, 0.1) is 0 Å². The topological polar surface area (TPSA) is 73.9 Å².